The third-order valence-corrected chi connectivity index (χ3v) is 2.28. The van der Waals surface area contributed by atoms with E-state index in [1.54, 1.807) is 0 Å². The molecule has 0 radical (unpaired) electrons. The minimum atomic E-state index is -4.44. The van der Waals surface area contributed by atoms with Crippen LogP contribution >= 0.6 is 0 Å². The van der Waals surface area contributed by atoms with E-state index in [0.29, 0.717) is 6.20 Å². The van der Waals surface area contributed by atoms with Gasteiger partial charge in [0.15, 0.2) is 0 Å². The van der Waals surface area contributed by atoms with Crippen molar-refractivity contribution >= 4 is 5.82 Å². The van der Waals surface area contributed by atoms with Crippen molar-refractivity contribution in [2.75, 3.05) is 5.73 Å². The van der Waals surface area contributed by atoms with Gasteiger partial charge in [-0.05, 0) is 6.07 Å². The number of H-pyrrole nitrogens is 1. The predicted molar refractivity (Wildman–Crippen MR) is 54.2 cm³/mol. The van der Waals surface area contributed by atoms with Crippen molar-refractivity contribution < 1.29 is 17.9 Å². The second-order valence-corrected chi connectivity index (χ2v) is 3.42. The summed E-state index contributed by atoms with van der Waals surface area (Å²) in [5.41, 5.74) is 4.96. The molecule has 0 saturated carbocycles. The maximum atomic E-state index is 12.3. The van der Waals surface area contributed by atoms with Crippen LogP contribution < -0.4 is 10.4 Å². The lowest BCUT2D eigenvalue weighted by atomic mass is 10.3. The summed E-state index contributed by atoms with van der Waals surface area (Å²) in [5.74, 6) is 0.256. The highest BCUT2D eigenvalue weighted by molar-refractivity contribution is 5.43. The monoisotopic (exact) mass is 254 g/mol. The molecule has 5 nitrogen and oxygen atoms in total. The largest absolute Gasteiger partial charge is 0.419 e. The molecule has 0 aromatic carbocycles. The number of nitrogens with one attached hydrogen (secondary N) is 1. The number of halogens is 3. The fraction of sp³-hybridized carbons (Fsp3) is 0.100. The lowest BCUT2D eigenvalue weighted by Crippen LogP contribution is -2.36. The van der Waals surface area contributed by atoms with Crippen LogP contribution in [0.4, 0.5) is 19.0 Å². The molecule has 0 spiro atoms. The first kappa shape index (κ1) is 11.9. The highest BCUT2D eigenvalue weighted by Crippen LogP contribution is 2.28. The van der Waals surface area contributed by atoms with Gasteiger partial charge in [-0.1, -0.05) is 0 Å². The van der Waals surface area contributed by atoms with Crippen LogP contribution in [0.25, 0.3) is 5.82 Å². The zero-order valence-corrected chi connectivity index (χ0v) is 8.86. The van der Waals surface area contributed by atoms with Gasteiger partial charge in [0.2, 0.25) is 0 Å². The number of nitrogens with zero attached hydrogens (tertiary/aromatic N) is 3. The van der Waals surface area contributed by atoms with Crippen molar-refractivity contribution in [1.29, 1.82) is 5.26 Å². The number of nitriles is 1. The number of hydrogen-bond donors (Lipinski definition) is 2. The molecule has 8 heteroatoms. The summed E-state index contributed by atoms with van der Waals surface area (Å²) in [5, 5.41) is 11.3. The fourth-order valence-electron chi connectivity index (χ4n) is 1.36. The first-order valence-corrected chi connectivity index (χ1v) is 4.76. The van der Waals surface area contributed by atoms with E-state index in [9.17, 15) is 13.2 Å². The summed E-state index contributed by atoms with van der Waals surface area (Å²) in [4.78, 5) is 3.65. The molecular formula is C10H7F3N5+. The molecule has 18 heavy (non-hydrogen) atoms. The third kappa shape index (κ3) is 1.98. The van der Waals surface area contributed by atoms with Crippen LogP contribution in [0.3, 0.4) is 0 Å². The molecule has 2 rings (SSSR count). The van der Waals surface area contributed by atoms with Crippen molar-refractivity contribution in [3.8, 4) is 11.9 Å². The van der Waals surface area contributed by atoms with Gasteiger partial charge in [-0.3, -0.25) is 0 Å². The molecule has 3 N–H and O–H groups in total. The van der Waals surface area contributed by atoms with Crippen LogP contribution in [0.1, 0.15) is 11.1 Å². The van der Waals surface area contributed by atoms with E-state index in [1.165, 1.54) is 10.9 Å². The van der Waals surface area contributed by atoms with Crippen LogP contribution in [0.5, 0.6) is 0 Å². The van der Waals surface area contributed by atoms with Gasteiger partial charge in [0.05, 0.1) is 11.8 Å². The minimum Gasteiger partial charge on any atom is -0.316 e. The van der Waals surface area contributed by atoms with Crippen molar-refractivity contribution in [1.82, 2.24) is 10.1 Å². The molecule has 0 atom stereocenters. The summed E-state index contributed by atoms with van der Waals surface area (Å²) in [6.07, 6.45) is -2.39. The standard InChI is InChI=1S/C10H6F3N5/c11-10(12,13)7-1-2-8(16-5-7)18-9(15)6(3-14)4-17-18/h1-2,4-5H,(H2,15,17)/p+1. The Morgan fingerprint density at radius 1 is 1.39 bits per heavy atom. The normalized spacial score (nSPS) is 11.2. The number of nitrogens with two attached hydrogens (primary N) is 1. The molecule has 2 aromatic rings. The number of rotatable bonds is 1. The van der Waals surface area contributed by atoms with Crippen LogP contribution in [0.2, 0.25) is 0 Å². The SMILES string of the molecule is N#Cc1c[nH][n+](-c2ccc(C(F)(F)F)cn2)c1N. The van der Waals surface area contributed by atoms with E-state index in [0.717, 1.165) is 12.1 Å². The molecule has 0 saturated heterocycles. The number of nitrogen functional groups attached to an aromatic ring is 1. The number of aromatic amines is 1. The Hall–Kier alpha value is -2.56. The summed E-state index contributed by atoms with van der Waals surface area (Å²) in [7, 11) is 0. The first-order chi connectivity index (χ1) is 8.43. The quantitative estimate of drug-likeness (QED) is 0.749. The lowest BCUT2D eigenvalue weighted by molar-refractivity contribution is -0.644. The molecule has 0 aliphatic carbocycles. The average Bonchev–Trinajstić information content (AvgIpc) is 2.69. The Labute approximate surface area is 99.3 Å². The van der Waals surface area contributed by atoms with Crippen LogP contribution in [0.15, 0.2) is 24.5 Å². The van der Waals surface area contributed by atoms with Crippen molar-refractivity contribution in [2.24, 2.45) is 0 Å². The molecule has 0 aliphatic rings. The lowest BCUT2D eigenvalue weighted by Gasteiger charge is -2.03. The molecular weight excluding hydrogens is 247 g/mol. The van der Waals surface area contributed by atoms with E-state index in [1.807, 2.05) is 6.07 Å². The molecule has 92 valence electrons. The Bertz CT molecular complexity index is 606. The average molecular weight is 254 g/mol. The van der Waals surface area contributed by atoms with Gasteiger partial charge < -0.3 is 5.73 Å². The number of alkyl halides is 3. The van der Waals surface area contributed by atoms with E-state index in [2.05, 4.69) is 10.1 Å². The van der Waals surface area contributed by atoms with Crippen LogP contribution in [0, 0.1) is 11.3 Å². The van der Waals surface area contributed by atoms with Gasteiger partial charge in [-0.25, -0.2) is 5.10 Å². The number of pyridine rings is 1. The minimum absolute atomic E-state index is 0.0877. The fourth-order valence-corrected chi connectivity index (χ4v) is 1.36. The van der Waals surface area contributed by atoms with Gasteiger partial charge in [-0.2, -0.15) is 18.4 Å². The number of aromatic nitrogens is 3. The highest BCUT2D eigenvalue weighted by Gasteiger charge is 2.32. The smallest absolute Gasteiger partial charge is 0.316 e. The summed E-state index contributed by atoms with van der Waals surface area (Å²) < 4.78 is 38.2. The summed E-state index contributed by atoms with van der Waals surface area (Å²) >= 11 is 0. The Kier molecular flexibility index (Phi) is 2.67. The van der Waals surface area contributed by atoms with Crippen molar-refractivity contribution in [3.63, 3.8) is 0 Å². The van der Waals surface area contributed by atoms with Crippen molar-refractivity contribution in [2.45, 2.75) is 6.18 Å². The molecule has 2 heterocycles. The molecule has 2 aromatic heterocycles. The number of hydrogen-bond acceptors (Lipinski definition) is 3. The first-order valence-electron chi connectivity index (χ1n) is 4.76. The number of anilines is 1. The van der Waals surface area contributed by atoms with E-state index in [4.69, 9.17) is 11.0 Å². The molecule has 0 aliphatic heterocycles. The Balaban J connectivity index is 2.41. The zero-order valence-electron chi connectivity index (χ0n) is 8.86. The summed E-state index contributed by atoms with van der Waals surface area (Å²) in [6, 6.07) is 3.89. The molecule has 0 fully saturated rings. The van der Waals surface area contributed by atoms with Gasteiger partial charge in [0, 0.05) is 6.07 Å². The van der Waals surface area contributed by atoms with E-state index >= 15 is 0 Å². The second kappa shape index (κ2) is 4.03. The van der Waals surface area contributed by atoms with E-state index < -0.39 is 11.7 Å². The van der Waals surface area contributed by atoms with Gasteiger partial charge in [0.1, 0.15) is 17.8 Å². The molecule has 0 bridgehead atoms. The zero-order chi connectivity index (χ0) is 13.3. The molecule has 0 unspecified atom stereocenters. The van der Waals surface area contributed by atoms with Gasteiger partial charge in [0.25, 0.3) is 11.6 Å². The predicted octanol–water partition coefficient (Wildman–Crippen LogP) is 1.16. The topological polar surface area (TPSA) is 82.4 Å². The Morgan fingerprint density at radius 3 is 2.56 bits per heavy atom. The Morgan fingerprint density at radius 2 is 2.11 bits per heavy atom. The second-order valence-electron chi connectivity index (χ2n) is 3.42. The third-order valence-electron chi connectivity index (χ3n) is 2.28. The van der Waals surface area contributed by atoms with Crippen LogP contribution in [-0.2, 0) is 6.18 Å². The maximum absolute atomic E-state index is 12.3. The van der Waals surface area contributed by atoms with E-state index in [-0.39, 0.29) is 17.2 Å². The van der Waals surface area contributed by atoms with Crippen molar-refractivity contribution in [3.05, 3.63) is 35.7 Å². The van der Waals surface area contributed by atoms with Gasteiger partial charge >= 0.3 is 6.18 Å². The maximum Gasteiger partial charge on any atom is 0.419 e. The van der Waals surface area contributed by atoms with Crippen LogP contribution in [-0.4, -0.2) is 10.1 Å². The van der Waals surface area contributed by atoms with Gasteiger partial charge in [-0.15, -0.1) is 9.67 Å². The summed E-state index contributed by atoms with van der Waals surface area (Å²) in [6.45, 7) is 0. The highest BCUT2D eigenvalue weighted by atomic mass is 19.4. The molecule has 0 amide bonds.